The molecule has 0 aliphatic rings. The number of rotatable bonds is 4. The third kappa shape index (κ3) is 2.86. The number of aliphatic hydroxyl groups is 1. The van der Waals surface area contributed by atoms with Crippen molar-refractivity contribution in [3.8, 4) is 6.07 Å². The molecule has 0 saturated carbocycles. The number of unbranched alkanes of at least 4 members (excludes halogenated alkanes) is 1. The zero-order valence-corrected chi connectivity index (χ0v) is 8.45. The monoisotopic (exact) mass is 189 g/mol. The molecule has 2 nitrogen and oxygen atoms in total. The second kappa shape index (κ2) is 5.41. The maximum absolute atomic E-state index is 9.00. The summed E-state index contributed by atoms with van der Waals surface area (Å²) in [6.45, 7) is 2.15. The molecule has 1 aromatic rings. The molecule has 0 saturated heterocycles. The third-order valence-electron chi connectivity index (χ3n) is 2.18. The summed E-state index contributed by atoms with van der Waals surface area (Å²) in [7, 11) is 0. The molecule has 0 aromatic heterocycles. The van der Waals surface area contributed by atoms with Crippen molar-refractivity contribution in [1.29, 1.82) is 5.26 Å². The summed E-state index contributed by atoms with van der Waals surface area (Å²) >= 11 is 0. The zero-order chi connectivity index (χ0) is 10.4. The van der Waals surface area contributed by atoms with Gasteiger partial charge in [-0.1, -0.05) is 19.4 Å². The molecule has 1 aromatic carbocycles. The number of aryl methyl sites for hydroxylation is 1. The first-order chi connectivity index (χ1) is 6.80. The Kier molecular flexibility index (Phi) is 4.15. The first kappa shape index (κ1) is 10.7. The summed E-state index contributed by atoms with van der Waals surface area (Å²) < 4.78 is 0. The van der Waals surface area contributed by atoms with Crippen molar-refractivity contribution in [2.75, 3.05) is 0 Å². The topological polar surface area (TPSA) is 44.0 Å². The average Bonchev–Trinajstić information content (AvgIpc) is 2.25. The van der Waals surface area contributed by atoms with Crippen LogP contribution in [0.4, 0.5) is 0 Å². The summed E-state index contributed by atoms with van der Waals surface area (Å²) in [4.78, 5) is 0. The van der Waals surface area contributed by atoms with Crippen molar-refractivity contribution < 1.29 is 5.11 Å². The molecule has 1 N–H and O–H groups in total. The Morgan fingerprint density at radius 1 is 1.29 bits per heavy atom. The maximum atomic E-state index is 9.00. The van der Waals surface area contributed by atoms with Gasteiger partial charge in [-0.05, 0) is 36.1 Å². The van der Waals surface area contributed by atoms with Gasteiger partial charge in [0.05, 0.1) is 18.2 Å². The van der Waals surface area contributed by atoms with E-state index in [1.54, 1.807) is 6.07 Å². The number of aliphatic hydroxyl groups excluding tert-OH is 1. The van der Waals surface area contributed by atoms with Crippen LogP contribution in [0.3, 0.4) is 0 Å². The third-order valence-corrected chi connectivity index (χ3v) is 2.18. The molecule has 0 amide bonds. The molecule has 0 heterocycles. The molecule has 0 atom stereocenters. The standard InChI is InChI=1S/C12H15NO/c1-2-3-4-10-5-11(8-13)7-12(6-10)9-14/h5-7,14H,2-4,9H2,1H3. The van der Waals surface area contributed by atoms with E-state index < -0.39 is 0 Å². The predicted molar refractivity (Wildman–Crippen MR) is 55.7 cm³/mol. The van der Waals surface area contributed by atoms with E-state index in [0.717, 1.165) is 30.4 Å². The minimum absolute atomic E-state index is 0.00858. The molecule has 0 aliphatic carbocycles. The SMILES string of the molecule is CCCCc1cc(C#N)cc(CO)c1. The van der Waals surface area contributed by atoms with Crippen molar-refractivity contribution in [1.82, 2.24) is 0 Å². The van der Waals surface area contributed by atoms with Crippen LogP contribution in [-0.4, -0.2) is 5.11 Å². The van der Waals surface area contributed by atoms with Crippen LogP contribution in [-0.2, 0) is 13.0 Å². The van der Waals surface area contributed by atoms with Gasteiger partial charge in [0.1, 0.15) is 0 Å². The van der Waals surface area contributed by atoms with Crippen LogP contribution in [0.5, 0.6) is 0 Å². The molecule has 0 radical (unpaired) electrons. The van der Waals surface area contributed by atoms with Crippen molar-refractivity contribution in [2.24, 2.45) is 0 Å². The molecule has 0 bridgehead atoms. The van der Waals surface area contributed by atoms with E-state index in [4.69, 9.17) is 10.4 Å². The first-order valence-electron chi connectivity index (χ1n) is 4.94. The molecule has 14 heavy (non-hydrogen) atoms. The molecule has 1 rings (SSSR count). The highest BCUT2D eigenvalue weighted by Crippen LogP contribution is 2.12. The van der Waals surface area contributed by atoms with Gasteiger partial charge in [-0.2, -0.15) is 5.26 Å². The van der Waals surface area contributed by atoms with E-state index in [2.05, 4.69) is 13.0 Å². The van der Waals surface area contributed by atoms with E-state index in [1.165, 1.54) is 0 Å². The van der Waals surface area contributed by atoms with Gasteiger partial charge < -0.3 is 5.11 Å². The number of nitriles is 1. The van der Waals surface area contributed by atoms with Crippen LogP contribution in [0.2, 0.25) is 0 Å². The number of hydrogen-bond acceptors (Lipinski definition) is 2. The van der Waals surface area contributed by atoms with Gasteiger partial charge in [0, 0.05) is 0 Å². The second-order valence-electron chi connectivity index (χ2n) is 3.41. The highest BCUT2D eigenvalue weighted by atomic mass is 16.3. The van der Waals surface area contributed by atoms with E-state index >= 15 is 0 Å². The molecule has 74 valence electrons. The quantitative estimate of drug-likeness (QED) is 0.790. The fourth-order valence-electron chi connectivity index (χ4n) is 1.44. The smallest absolute Gasteiger partial charge is 0.0991 e. The molecule has 0 fully saturated rings. The lowest BCUT2D eigenvalue weighted by Crippen LogP contribution is -1.91. The predicted octanol–water partition coefficient (Wildman–Crippen LogP) is 2.39. The van der Waals surface area contributed by atoms with Crippen LogP contribution in [0.25, 0.3) is 0 Å². The van der Waals surface area contributed by atoms with Crippen molar-refractivity contribution in [2.45, 2.75) is 32.8 Å². The highest BCUT2D eigenvalue weighted by Gasteiger charge is 1.99. The Morgan fingerprint density at radius 2 is 2.00 bits per heavy atom. The van der Waals surface area contributed by atoms with Crippen LogP contribution >= 0.6 is 0 Å². The minimum Gasteiger partial charge on any atom is -0.392 e. The van der Waals surface area contributed by atoms with Crippen molar-refractivity contribution >= 4 is 0 Å². The Hall–Kier alpha value is -1.33. The molecular weight excluding hydrogens is 174 g/mol. The van der Waals surface area contributed by atoms with Crippen LogP contribution in [0.15, 0.2) is 18.2 Å². The number of nitrogens with zero attached hydrogens (tertiary/aromatic N) is 1. The van der Waals surface area contributed by atoms with E-state index in [0.29, 0.717) is 5.56 Å². The van der Waals surface area contributed by atoms with Gasteiger partial charge in [-0.3, -0.25) is 0 Å². The molecule has 0 aliphatic heterocycles. The average molecular weight is 189 g/mol. The Morgan fingerprint density at radius 3 is 2.57 bits per heavy atom. The summed E-state index contributed by atoms with van der Waals surface area (Å²) in [6, 6.07) is 7.71. The highest BCUT2D eigenvalue weighted by molar-refractivity contribution is 5.37. The summed E-state index contributed by atoms with van der Waals surface area (Å²) in [6.07, 6.45) is 3.25. The van der Waals surface area contributed by atoms with Gasteiger partial charge in [-0.25, -0.2) is 0 Å². The second-order valence-corrected chi connectivity index (χ2v) is 3.41. The Balaban J connectivity index is 2.88. The van der Waals surface area contributed by atoms with E-state index in [9.17, 15) is 0 Å². The number of hydrogen-bond donors (Lipinski definition) is 1. The molecule has 0 spiro atoms. The van der Waals surface area contributed by atoms with Gasteiger partial charge in [0.2, 0.25) is 0 Å². The van der Waals surface area contributed by atoms with Gasteiger partial charge in [-0.15, -0.1) is 0 Å². The minimum atomic E-state index is 0.00858. The largest absolute Gasteiger partial charge is 0.392 e. The van der Waals surface area contributed by atoms with Crippen LogP contribution in [0.1, 0.15) is 36.5 Å². The lowest BCUT2D eigenvalue weighted by molar-refractivity contribution is 0.281. The lowest BCUT2D eigenvalue weighted by atomic mass is 10.0. The van der Waals surface area contributed by atoms with Gasteiger partial charge in [0.15, 0.2) is 0 Å². The number of benzene rings is 1. The van der Waals surface area contributed by atoms with Gasteiger partial charge >= 0.3 is 0 Å². The summed E-state index contributed by atoms with van der Waals surface area (Å²) in [5, 5.41) is 17.8. The Labute approximate surface area is 84.8 Å². The van der Waals surface area contributed by atoms with Crippen LogP contribution in [0, 0.1) is 11.3 Å². The van der Waals surface area contributed by atoms with Crippen molar-refractivity contribution in [3.63, 3.8) is 0 Å². The summed E-state index contributed by atoms with van der Waals surface area (Å²) in [5.74, 6) is 0. The van der Waals surface area contributed by atoms with E-state index in [-0.39, 0.29) is 6.61 Å². The lowest BCUT2D eigenvalue weighted by Gasteiger charge is -2.03. The first-order valence-corrected chi connectivity index (χ1v) is 4.94. The normalized spacial score (nSPS) is 9.79. The molecule has 2 heteroatoms. The van der Waals surface area contributed by atoms with E-state index in [1.807, 2.05) is 12.1 Å². The maximum Gasteiger partial charge on any atom is 0.0991 e. The van der Waals surface area contributed by atoms with Crippen molar-refractivity contribution in [3.05, 3.63) is 34.9 Å². The fourth-order valence-corrected chi connectivity index (χ4v) is 1.44. The molecular formula is C12H15NO. The molecule has 0 unspecified atom stereocenters. The van der Waals surface area contributed by atoms with Crippen LogP contribution < -0.4 is 0 Å². The Bertz CT molecular complexity index is 339. The summed E-state index contributed by atoms with van der Waals surface area (Å²) in [5.41, 5.74) is 2.62. The fraction of sp³-hybridized carbons (Fsp3) is 0.417. The zero-order valence-electron chi connectivity index (χ0n) is 8.45. The van der Waals surface area contributed by atoms with Gasteiger partial charge in [0.25, 0.3) is 0 Å².